The normalized spacial score (nSPS) is 14.3. The number of rotatable bonds is 6. The maximum atomic E-state index is 13.3. The van der Waals surface area contributed by atoms with Crippen molar-refractivity contribution in [3.8, 4) is 11.5 Å². The predicted octanol–water partition coefficient (Wildman–Crippen LogP) is 3.11. The monoisotopic (exact) mass is 438 g/mol. The van der Waals surface area contributed by atoms with Gasteiger partial charge in [0.05, 0.1) is 31.8 Å². The second-order valence-electron chi connectivity index (χ2n) is 5.68. The Labute approximate surface area is 161 Å². The third kappa shape index (κ3) is 3.57. The Morgan fingerprint density at radius 3 is 2.46 bits per heavy atom. The summed E-state index contributed by atoms with van der Waals surface area (Å²) in [6, 6.07) is 12.7. The summed E-state index contributed by atoms with van der Waals surface area (Å²) in [6.45, 7) is 0.753. The van der Waals surface area contributed by atoms with E-state index in [2.05, 4.69) is 20.9 Å². The molecule has 0 aliphatic carbocycles. The third-order valence-corrected chi connectivity index (χ3v) is 6.56. The van der Waals surface area contributed by atoms with Crippen LogP contribution in [0, 0.1) is 0 Å². The van der Waals surface area contributed by atoms with Gasteiger partial charge in [0, 0.05) is 12.5 Å². The fourth-order valence-corrected chi connectivity index (χ4v) is 4.91. The van der Waals surface area contributed by atoms with Crippen LogP contribution in [0.1, 0.15) is 5.56 Å². The number of hydrogen-bond donors (Lipinski definition) is 0. The maximum Gasteiger partial charge on any atom is 0.269 e. The third-order valence-electron chi connectivity index (χ3n) is 4.10. The van der Waals surface area contributed by atoms with E-state index in [1.165, 1.54) is 24.6 Å². The van der Waals surface area contributed by atoms with Crippen LogP contribution in [-0.4, -0.2) is 45.9 Å². The van der Waals surface area contributed by atoms with E-state index in [9.17, 15) is 8.42 Å². The number of ether oxygens (including phenoxy) is 2. The van der Waals surface area contributed by atoms with Gasteiger partial charge in [-0.1, -0.05) is 30.3 Å². The highest BCUT2D eigenvalue weighted by Gasteiger charge is 2.33. The predicted molar refractivity (Wildman–Crippen MR) is 104 cm³/mol. The van der Waals surface area contributed by atoms with Crippen molar-refractivity contribution in [2.45, 2.75) is 11.3 Å². The Hall–Kier alpha value is -2.06. The van der Waals surface area contributed by atoms with Crippen molar-refractivity contribution in [1.29, 1.82) is 0 Å². The number of nitrogens with zero attached hydrogens (tertiary/aromatic N) is 2. The van der Waals surface area contributed by atoms with Gasteiger partial charge < -0.3 is 9.47 Å². The summed E-state index contributed by atoms with van der Waals surface area (Å²) in [4.78, 5) is 4.46. The Kier molecular flexibility index (Phi) is 5.52. The minimum Gasteiger partial charge on any atom is -0.496 e. The zero-order chi connectivity index (χ0) is 18.7. The molecule has 0 atom stereocenters. The van der Waals surface area contributed by atoms with Gasteiger partial charge in [-0.15, -0.1) is 0 Å². The van der Waals surface area contributed by atoms with E-state index in [-0.39, 0.29) is 10.6 Å². The highest BCUT2D eigenvalue weighted by atomic mass is 79.9. The van der Waals surface area contributed by atoms with Gasteiger partial charge in [0.2, 0.25) is 0 Å². The molecule has 0 spiro atoms. The van der Waals surface area contributed by atoms with Gasteiger partial charge in [-0.25, -0.2) is 8.42 Å². The van der Waals surface area contributed by atoms with E-state index in [1.807, 2.05) is 30.3 Å². The molecule has 138 valence electrons. The van der Waals surface area contributed by atoms with Crippen LogP contribution in [-0.2, 0) is 16.4 Å². The summed E-state index contributed by atoms with van der Waals surface area (Å²) in [6.07, 6.45) is 0.454. The molecule has 1 aliphatic heterocycles. The van der Waals surface area contributed by atoms with Gasteiger partial charge in [0.25, 0.3) is 10.0 Å². The molecule has 0 fully saturated rings. The first-order valence-electron chi connectivity index (χ1n) is 7.99. The summed E-state index contributed by atoms with van der Waals surface area (Å²) < 4.78 is 39.1. The van der Waals surface area contributed by atoms with Gasteiger partial charge in [0.15, 0.2) is 0 Å². The maximum absolute atomic E-state index is 13.3. The lowest BCUT2D eigenvalue weighted by atomic mass is 10.1. The highest BCUT2D eigenvalue weighted by Crippen LogP contribution is 2.37. The molecule has 1 aliphatic rings. The van der Waals surface area contributed by atoms with Crippen LogP contribution in [0.2, 0.25) is 0 Å². The summed E-state index contributed by atoms with van der Waals surface area (Å²) in [5, 5.41) is 0. The number of amidine groups is 1. The molecule has 0 amide bonds. The average Bonchev–Trinajstić information content (AvgIpc) is 3.11. The van der Waals surface area contributed by atoms with Crippen LogP contribution in [0.4, 0.5) is 0 Å². The minimum atomic E-state index is -3.82. The molecule has 2 aromatic carbocycles. The summed E-state index contributed by atoms with van der Waals surface area (Å²) in [7, 11) is -0.895. The lowest BCUT2D eigenvalue weighted by Gasteiger charge is -2.22. The molecule has 0 N–H and O–H groups in total. The summed E-state index contributed by atoms with van der Waals surface area (Å²) >= 11 is 3.35. The minimum absolute atomic E-state index is 0.0581. The Morgan fingerprint density at radius 2 is 1.81 bits per heavy atom. The topological polar surface area (TPSA) is 68.2 Å². The van der Waals surface area contributed by atoms with Crippen LogP contribution >= 0.6 is 15.9 Å². The van der Waals surface area contributed by atoms with Crippen molar-refractivity contribution in [2.75, 3.05) is 27.3 Å². The number of methoxy groups -OCH3 is 2. The van der Waals surface area contributed by atoms with Gasteiger partial charge in [0.1, 0.15) is 22.2 Å². The van der Waals surface area contributed by atoms with Crippen molar-refractivity contribution in [3.05, 3.63) is 52.5 Å². The zero-order valence-electron chi connectivity index (χ0n) is 14.5. The molecule has 0 radical (unpaired) electrons. The van der Waals surface area contributed by atoms with E-state index in [1.54, 1.807) is 6.07 Å². The SMILES string of the molecule is COc1cc(S(=O)(=O)N2CCN=C2Cc2ccccc2)c(OC)cc1Br. The molecule has 0 bridgehead atoms. The average molecular weight is 439 g/mol. The van der Waals surface area contributed by atoms with Crippen molar-refractivity contribution in [3.63, 3.8) is 0 Å². The van der Waals surface area contributed by atoms with Crippen LogP contribution in [0.5, 0.6) is 11.5 Å². The van der Waals surface area contributed by atoms with E-state index >= 15 is 0 Å². The largest absolute Gasteiger partial charge is 0.496 e. The van der Waals surface area contributed by atoms with Crippen LogP contribution in [0.25, 0.3) is 0 Å². The van der Waals surface area contributed by atoms with Crippen molar-refractivity contribution in [2.24, 2.45) is 4.99 Å². The number of hydrogen-bond acceptors (Lipinski definition) is 5. The molecule has 3 rings (SSSR count). The van der Waals surface area contributed by atoms with E-state index < -0.39 is 10.0 Å². The lowest BCUT2D eigenvalue weighted by molar-refractivity contribution is 0.389. The van der Waals surface area contributed by atoms with Gasteiger partial charge in [-0.2, -0.15) is 0 Å². The first kappa shape index (κ1) is 18.7. The van der Waals surface area contributed by atoms with E-state index in [0.29, 0.717) is 35.6 Å². The first-order valence-corrected chi connectivity index (χ1v) is 10.2. The van der Waals surface area contributed by atoms with Gasteiger partial charge in [-0.05, 0) is 27.6 Å². The molecule has 0 saturated heterocycles. The van der Waals surface area contributed by atoms with Crippen LogP contribution in [0.3, 0.4) is 0 Å². The molecule has 2 aromatic rings. The lowest BCUT2D eigenvalue weighted by Crippen LogP contribution is -2.35. The quantitative estimate of drug-likeness (QED) is 0.694. The molecule has 8 heteroatoms. The fraction of sp³-hybridized carbons (Fsp3) is 0.278. The second kappa shape index (κ2) is 7.67. The molecular formula is C18H19BrN2O4S. The fourth-order valence-electron chi connectivity index (χ4n) is 2.81. The van der Waals surface area contributed by atoms with E-state index in [4.69, 9.17) is 9.47 Å². The number of benzene rings is 2. The summed E-state index contributed by atoms with van der Waals surface area (Å²) in [5.41, 5.74) is 1.01. The Balaban J connectivity index is 1.99. The van der Waals surface area contributed by atoms with Crippen molar-refractivity contribution in [1.82, 2.24) is 4.31 Å². The standard InChI is InChI=1S/C18H19BrN2O4S/c1-24-15-12-17(16(25-2)11-14(15)19)26(22,23)21-9-8-20-18(21)10-13-6-4-3-5-7-13/h3-7,11-12H,8-10H2,1-2H3. The molecular weight excluding hydrogens is 420 g/mol. The molecule has 0 unspecified atom stereocenters. The molecule has 1 heterocycles. The second-order valence-corrected chi connectivity index (χ2v) is 8.36. The van der Waals surface area contributed by atoms with Crippen LogP contribution in [0.15, 0.2) is 56.8 Å². The number of sulfonamides is 1. The summed E-state index contributed by atoms with van der Waals surface area (Å²) in [5.74, 6) is 1.20. The van der Waals surface area contributed by atoms with Crippen molar-refractivity contribution < 1.29 is 17.9 Å². The highest BCUT2D eigenvalue weighted by molar-refractivity contribution is 9.10. The first-order chi connectivity index (χ1) is 12.5. The molecule has 0 aromatic heterocycles. The van der Waals surface area contributed by atoms with E-state index in [0.717, 1.165) is 5.56 Å². The molecule has 26 heavy (non-hydrogen) atoms. The molecule has 6 nitrogen and oxygen atoms in total. The van der Waals surface area contributed by atoms with Crippen LogP contribution < -0.4 is 9.47 Å². The zero-order valence-corrected chi connectivity index (χ0v) is 16.9. The Bertz CT molecular complexity index is 930. The number of aliphatic imine (C=N–C) groups is 1. The Morgan fingerprint density at radius 1 is 1.12 bits per heavy atom. The van der Waals surface area contributed by atoms with Gasteiger partial charge in [-0.3, -0.25) is 9.30 Å². The number of halogens is 1. The van der Waals surface area contributed by atoms with Gasteiger partial charge >= 0.3 is 0 Å². The van der Waals surface area contributed by atoms with Crippen molar-refractivity contribution >= 4 is 31.8 Å². The smallest absolute Gasteiger partial charge is 0.269 e. The molecule has 0 saturated carbocycles.